The Labute approximate surface area is 141 Å². The Balaban J connectivity index is 1.88. The largest absolute Gasteiger partial charge is 0.423 e. The maximum Gasteiger partial charge on any atom is 0.271 e. The van der Waals surface area contributed by atoms with Crippen LogP contribution in [0.5, 0.6) is 0 Å². The molecule has 1 saturated heterocycles. The second-order valence-electron chi connectivity index (χ2n) is 6.62. The van der Waals surface area contributed by atoms with Gasteiger partial charge in [0.05, 0.1) is 13.2 Å². The number of carbonyl (C=O) groups excluding carboxylic acids is 1. The fourth-order valence-corrected chi connectivity index (χ4v) is 2.84. The first-order valence-corrected chi connectivity index (χ1v) is 8.38. The van der Waals surface area contributed by atoms with Gasteiger partial charge in [-0.2, -0.15) is 0 Å². The Morgan fingerprint density at radius 2 is 2.08 bits per heavy atom. The van der Waals surface area contributed by atoms with Crippen molar-refractivity contribution < 1.29 is 13.9 Å². The Kier molecular flexibility index (Phi) is 4.71. The fraction of sp³-hybridized carbons (Fsp3) is 0.588. The van der Waals surface area contributed by atoms with Crippen molar-refractivity contribution in [1.29, 1.82) is 0 Å². The van der Waals surface area contributed by atoms with Crippen LogP contribution in [-0.2, 0) is 4.74 Å². The first-order valence-electron chi connectivity index (χ1n) is 8.38. The summed E-state index contributed by atoms with van der Waals surface area (Å²) < 4.78 is 13.3. The van der Waals surface area contributed by atoms with Crippen LogP contribution < -0.4 is 0 Å². The normalized spacial score (nSPS) is 18.6. The van der Waals surface area contributed by atoms with E-state index in [4.69, 9.17) is 9.15 Å². The highest BCUT2D eigenvalue weighted by Gasteiger charge is 2.34. The van der Waals surface area contributed by atoms with Crippen molar-refractivity contribution in [1.82, 2.24) is 19.7 Å². The molecule has 0 spiro atoms. The standard InChI is InChI=1S/C17H24N4O3/c1-11(2)15-18-19-16(24-15)14-10-23-9-8-21(14)17(22)13-6-5-7-20(13)12(3)4/h5-7,11-12,14H,8-10H2,1-4H3. The lowest BCUT2D eigenvalue weighted by Gasteiger charge is -2.33. The van der Waals surface area contributed by atoms with Crippen molar-refractivity contribution in [3.8, 4) is 0 Å². The predicted octanol–water partition coefficient (Wildman–Crippen LogP) is 2.79. The molecule has 1 fully saturated rings. The molecule has 1 amide bonds. The van der Waals surface area contributed by atoms with E-state index in [-0.39, 0.29) is 23.9 Å². The van der Waals surface area contributed by atoms with Crippen molar-refractivity contribution in [2.75, 3.05) is 19.8 Å². The van der Waals surface area contributed by atoms with Crippen molar-refractivity contribution in [2.24, 2.45) is 0 Å². The van der Waals surface area contributed by atoms with Gasteiger partial charge in [-0.15, -0.1) is 10.2 Å². The van der Waals surface area contributed by atoms with Gasteiger partial charge < -0.3 is 18.6 Å². The summed E-state index contributed by atoms with van der Waals surface area (Å²) in [6, 6.07) is 3.62. The molecule has 1 unspecified atom stereocenters. The molecule has 3 rings (SSSR count). The van der Waals surface area contributed by atoms with Crippen LogP contribution in [0, 0.1) is 0 Å². The summed E-state index contributed by atoms with van der Waals surface area (Å²) in [6.07, 6.45) is 1.93. The van der Waals surface area contributed by atoms with E-state index in [0.29, 0.717) is 37.2 Å². The van der Waals surface area contributed by atoms with Crippen LogP contribution in [0.3, 0.4) is 0 Å². The predicted molar refractivity (Wildman–Crippen MR) is 87.8 cm³/mol. The van der Waals surface area contributed by atoms with E-state index in [0.717, 1.165) is 0 Å². The molecule has 7 heteroatoms. The van der Waals surface area contributed by atoms with Crippen LogP contribution in [-0.4, -0.2) is 45.3 Å². The van der Waals surface area contributed by atoms with Crippen molar-refractivity contribution >= 4 is 5.91 Å². The lowest BCUT2D eigenvalue weighted by Crippen LogP contribution is -2.44. The molecule has 7 nitrogen and oxygen atoms in total. The summed E-state index contributed by atoms with van der Waals surface area (Å²) in [5, 5.41) is 8.21. The van der Waals surface area contributed by atoms with Gasteiger partial charge in [0.2, 0.25) is 11.8 Å². The van der Waals surface area contributed by atoms with Crippen LogP contribution in [0.4, 0.5) is 0 Å². The van der Waals surface area contributed by atoms with Gasteiger partial charge >= 0.3 is 0 Å². The molecular formula is C17H24N4O3. The minimum Gasteiger partial charge on any atom is -0.423 e. The van der Waals surface area contributed by atoms with E-state index in [2.05, 4.69) is 24.0 Å². The maximum atomic E-state index is 13.1. The molecule has 0 bridgehead atoms. The molecule has 1 aliphatic heterocycles. The van der Waals surface area contributed by atoms with E-state index in [1.165, 1.54) is 0 Å². The van der Waals surface area contributed by atoms with Gasteiger partial charge in [-0.3, -0.25) is 4.79 Å². The number of rotatable bonds is 4. The zero-order valence-corrected chi connectivity index (χ0v) is 14.6. The maximum absolute atomic E-state index is 13.1. The average Bonchev–Trinajstić information content (AvgIpc) is 3.23. The summed E-state index contributed by atoms with van der Waals surface area (Å²) in [5.41, 5.74) is 0.667. The molecule has 0 aromatic carbocycles. The second-order valence-corrected chi connectivity index (χ2v) is 6.62. The smallest absolute Gasteiger partial charge is 0.271 e. The van der Waals surface area contributed by atoms with Crippen LogP contribution in [0.25, 0.3) is 0 Å². The molecule has 3 heterocycles. The van der Waals surface area contributed by atoms with Crippen LogP contribution in [0.1, 0.15) is 68.0 Å². The summed E-state index contributed by atoms with van der Waals surface area (Å²) in [5.74, 6) is 1.13. The molecule has 0 saturated carbocycles. The van der Waals surface area contributed by atoms with Crippen molar-refractivity contribution in [3.05, 3.63) is 35.8 Å². The summed E-state index contributed by atoms with van der Waals surface area (Å²) >= 11 is 0. The molecule has 1 atom stereocenters. The van der Waals surface area contributed by atoms with E-state index in [1.54, 1.807) is 4.90 Å². The lowest BCUT2D eigenvalue weighted by atomic mass is 10.2. The van der Waals surface area contributed by atoms with Gasteiger partial charge in [0, 0.05) is 24.7 Å². The van der Waals surface area contributed by atoms with E-state index in [1.807, 2.05) is 36.7 Å². The number of hydrogen-bond acceptors (Lipinski definition) is 5. The zero-order chi connectivity index (χ0) is 17.3. The Hall–Kier alpha value is -2.15. The molecule has 24 heavy (non-hydrogen) atoms. The third-order valence-electron chi connectivity index (χ3n) is 4.18. The topological polar surface area (TPSA) is 73.4 Å². The first-order chi connectivity index (χ1) is 11.5. The third kappa shape index (κ3) is 3.08. The fourth-order valence-electron chi connectivity index (χ4n) is 2.84. The quantitative estimate of drug-likeness (QED) is 0.861. The summed E-state index contributed by atoms with van der Waals surface area (Å²) in [7, 11) is 0. The number of nitrogens with zero attached hydrogens (tertiary/aromatic N) is 4. The summed E-state index contributed by atoms with van der Waals surface area (Å²) in [6.45, 7) is 9.48. The van der Waals surface area contributed by atoms with Crippen LogP contribution in [0.2, 0.25) is 0 Å². The third-order valence-corrected chi connectivity index (χ3v) is 4.18. The van der Waals surface area contributed by atoms with Gasteiger partial charge in [-0.25, -0.2) is 0 Å². The van der Waals surface area contributed by atoms with Gasteiger partial charge in [-0.05, 0) is 26.0 Å². The van der Waals surface area contributed by atoms with E-state index < -0.39 is 0 Å². The minimum atomic E-state index is -0.346. The van der Waals surface area contributed by atoms with E-state index in [9.17, 15) is 4.79 Å². The van der Waals surface area contributed by atoms with Gasteiger partial charge in [0.15, 0.2) is 0 Å². The van der Waals surface area contributed by atoms with Gasteiger partial charge in [0.25, 0.3) is 5.91 Å². The zero-order valence-electron chi connectivity index (χ0n) is 14.6. The van der Waals surface area contributed by atoms with Crippen LogP contribution >= 0.6 is 0 Å². The first kappa shape index (κ1) is 16.7. The monoisotopic (exact) mass is 332 g/mol. The Morgan fingerprint density at radius 3 is 2.75 bits per heavy atom. The number of amides is 1. The molecule has 0 radical (unpaired) electrons. The molecule has 0 aliphatic carbocycles. The molecular weight excluding hydrogens is 308 g/mol. The number of ether oxygens (including phenoxy) is 1. The highest BCUT2D eigenvalue weighted by atomic mass is 16.5. The Bertz CT molecular complexity index is 704. The second kappa shape index (κ2) is 6.76. The number of hydrogen-bond donors (Lipinski definition) is 0. The Morgan fingerprint density at radius 1 is 1.29 bits per heavy atom. The van der Waals surface area contributed by atoms with E-state index >= 15 is 0 Å². The minimum absolute atomic E-state index is 0.0358. The molecule has 2 aromatic heterocycles. The van der Waals surface area contributed by atoms with Gasteiger partial charge in [0.1, 0.15) is 11.7 Å². The van der Waals surface area contributed by atoms with Crippen LogP contribution in [0.15, 0.2) is 22.7 Å². The number of aromatic nitrogens is 3. The number of carbonyl (C=O) groups is 1. The SMILES string of the molecule is CC(C)c1nnc(C2COCCN2C(=O)c2cccn2C(C)C)o1. The molecule has 1 aliphatic rings. The lowest BCUT2D eigenvalue weighted by molar-refractivity contribution is -0.0113. The highest BCUT2D eigenvalue weighted by molar-refractivity contribution is 5.93. The molecule has 130 valence electrons. The molecule has 0 N–H and O–H groups in total. The van der Waals surface area contributed by atoms with Crippen molar-refractivity contribution in [3.63, 3.8) is 0 Å². The van der Waals surface area contributed by atoms with Crippen molar-refractivity contribution in [2.45, 2.75) is 45.7 Å². The number of morpholine rings is 1. The average molecular weight is 332 g/mol. The molecule has 2 aromatic rings. The van der Waals surface area contributed by atoms with Gasteiger partial charge in [-0.1, -0.05) is 13.8 Å². The highest BCUT2D eigenvalue weighted by Crippen LogP contribution is 2.27. The summed E-state index contributed by atoms with van der Waals surface area (Å²) in [4.78, 5) is 14.8.